The van der Waals surface area contributed by atoms with Crippen LogP contribution >= 0.6 is 0 Å². The molecule has 90 valence electrons. The summed E-state index contributed by atoms with van der Waals surface area (Å²) in [4.78, 5) is 4.64. The predicted molar refractivity (Wildman–Crippen MR) is 62.6 cm³/mol. The molecule has 0 aromatic heterocycles. The summed E-state index contributed by atoms with van der Waals surface area (Å²) in [5.41, 5.74) is 5.40. The van der Waals surface area contributed by atoms with Gasteiger partial charge in [0.05, 0.1) is 4.91 Å². The Kier molecular flexibility index (Phi) is 3.00. The summed E-state index contributed by atoms with van der Waals surface area (Å²) in [5, 5.41) is 0. The molecule has 0 aromatic rings. The third kappa shape index (κ3) is 2.42. The lowest BCUT2D eigenvalue weighted by Crippen LogP contribution is -2.45. The quantitative estimate of drug-likeness (QED) is 0.661. The van der Waals surface area contributed by atoms with Crippen LogP contribution in [0.4, 0.5) is 0 Å². The molecule has 0 aliphatic carbocycles. The Morgan fingerprint density at radius 2 is 2.00 bits per heavy atom. The van der Waals surface area contributed by atoms with Crippen molar-refractivity contribution in [1.29, 1.82) is 0 Å². The van der Waals surface area contributed by atoms with Crippen molar-refractivity contribution in [2.75, 3.05) is 39.8 Å². The molecular weight excluding hydrogens is 228 g/mol. The number of amidine groups is 1. The zero-order valence-corrected chi connectivity index (χ0v) is 10.1. The van der Waals surface area contributed by atoms with Gasteiger partial charge in [-0.25, -0.2) is 0 Å². The van der Waals surface area contributed by atoms with Gasteiger partial charge >= 0.3 is 0 Å². The lowest BCUT2D eigenvalue weighted by Gasteiger charge is -2.32. The van der Waals surface area contributed by atoms with Gasteiger partial charge in [0.2, 0.25) is 0 Å². The van der Waals surface area contributed by atoms with Crippen molar-refractivity contribution in [3.8, 4) is 0 Å². The highest BCUT2D eigenvalue weighted by molar-refractivity contribution is 7.94. The number of hydrogen-bond acceptors (Lipinski definition) is 5. The Morgan fingerprint density at radius 1 is 1.38 bits per heavy atom. The summed E-state index contributed by atoms with van der Waals surface area (Å²) in [6.45, 7) is 4.10. The Hall–Kier alpha value is -0.920. The van der Waals surface area contributed by atoms with Gasteiger partial charge < -0.3 is 10.6 Å². The molecule has 2 aliphatic rings. The SMILES string of the molecule is CN1CCN(CC2=CC(N)=NS2(=O)=O)CC1. The summed E-state index contributed by atoms with van der Waals surface area (Å²) in [5.74, 6) is 0.0872. The van der Waals surface area contributed by atoms with Gasteiger partial charge in [-0.05, 0) is 13.1 Å². The summed E-state index contributed by atoms with van der Waals surface area (Å²) in [7, 11) is -1.42. The summed E-state index contributed by atoms with van der Waals surface area (Å²) < 4.78 is 26.5. The van der Waals surface area contributed by atoms with Crippen LogP contribution in [0.15, 0.2) is 15.4 Å². The highest BCUT2D eigenvalue weighted by Gasteiger charge is 2.26. The van der Waals surface area contributed by atoms with Crippen LogP contribution in [-0.2, 0) is 10.0 Å². The molecule has 2 rings (SSSR count). The van der Waals surface area contributed by atoms with E-state index in [2.05, 4.69) is 21.2 Å². The molecule has 0 spiro atoms. The number of nitrogens with zero attached hydrogens (tertiary/aromatic N) is 3. The number of nitrogens with two attached hydrogens (primary N) is 1. The van der Waals surface area contributed by atoms with Crippen molar-refractivity contribution in [3.63, 3.8) is 0 Å². The Bertz CT molecular complexity index is 432. The van der Waals surface area contributed by atoms with Crippen LogP contribution < -0.4 is 5.73 Å². The summed E-state index contributed by atoms with van der Waals surface area (Å²) in [6.07, 6.45) is 1.45. The average molecular weight is 244 g/mol. The lowest BCUT2D eigenvalue weighted by atomic mass is 10.3. The molecule has 0 bridgehead atoms. The van der Waals surface area contributed by atoms with Crippen LogP contribution in [0.2, 0.25) is 0 Å². The first-order valence-electron chi connectivity index (χ1n) is 5.19. The van der Waals surface area contributed by atoms with Crippen LogP contribution in [0.3, 0.4) is 0 Å². The second-order valence-corrected chi connectivity index (χ2v) is 5.84. The zero-order valence-electron chi connectivity index (χ0n) is 9.26. The standard InChI is InChI=1S/C9H16N4O2S/c1-12-2-4-13(5-3-12)7-8-6-9(10)11-16(8,14)15/h6H,2-5,7H2,1H3,(H2,10,11). The van der Waals surface area contributed by atoms with E-state index < -0.39 is 10.0 Å². The molecule has 2 aliphatic heterocycles. The molecule has 2 heterocycles. The topological polar surface area (TPSA) is 79.0 Å². The number of piperazine rings is 1. The maximum absolute atomic E-state index is 11.5. The van der Waals surface area contributed by atoms with Crippen LogP contribution in [0.25, 0.3) is 0 Å². The molecular formula is C9H16N4O2S. The maximum atomic E-state index is 11.5. The van der Waals surface area contributed by atoms with Crippen molar-refractivity contribution in [3.05, 3.63) is 11.0 Å². The van der Waals surface area contributed by atoms with Gasteiger partial charge in [-0.15, -0.1) is 4.40 Å². The molecule has 2 N–H and O–H groups in total. The van der Waals surface area contributed by atoms with E-state index in [1.807, 2.05) is 0 Å². The third-order valence-corrected chi connectivity index (χ3v) is 4.20. The minimum Gasteiger partial charge on any atom is -0.383 e. The van der Waals surface area contributed by atoms with E-state index in [-0.39, 0.29) is 5.84 Å². The first kappa shape index (κ1) is 11.6. The van der Waals surface area contributed by atoms with Gasteiger partial charge in [-0.3, -0.25) is 4.90 Å². The van der Waals surface area contributed by atoms with E-state index in [9.17, 15) is 8.42 Å². The molecule has 0 aromatic carbocycles. The van der Waals surface area contributed by atoms with Gasteiger partial charge in [-0.2, -0.15) is 8.42 Å². The Morgan fingerprint density at radius 3 is 2.50 bits per heavy atom. The van der Waals surface area contributed by atoms with E-state index in [4.69, 9.17) is 5.73 Å². The molecule has 0 amide bonds. The van der Waals surface area contributed by atoms with Crippen molar-refractivity contribution in [1.82, 2.24) is 9.80 Å². The second-order valence-electron chi connectivity index (χ2n) is 4.18. The minimum absolute atomic E-state index is 0.0872. The normalized spacial score (nSPS) is 26.6. The highest BCUT2D eigenvalue weighted by Crippen LogP contribution is 2.17. The Labute approximate surface area is 95.5 Å². The van der Waals surface area contributed by atoms with Crippen LogP contribution in [0.5, 0.6) is 0 Å². The number of sulfonamides is 1. The third-order valence-electron chi connectivity index (χ3n) is 2.84. The van der Waals surface area contributed by atoms with Gasteiger partial charge in [-0.1, -0.05) is 0 Å². The molecule has 1 fully saturated rings. The average Bonchev–Trinajstić information content (AvgIpc) is 2.43. The van der Waals surface area contributed by atoms with E-state index in [1.54, 1.807) is 0 Å². The number of rotatable bonds is 2. The molecule has 7 heteroatoms. The van der Waals surface area contributed by atoms with E-state index in [0.717, 1.165) is 26.2 Å². The fourth-order valence-corrected chi connectivity index (χ4v) is 2.88. The van der Waals surface area contributed by atoms with Crippen LogP contribution in [0.1, 0.15) is 0 Å². The van der Waals surface area contributed by atoms with Crippen molar-refractivity contribution in [2.45, 2.75) is 0 Å². The number of hydrogen-bond donors (Lipinski definition) is 1. The van der Waals surface area contributed by atoms with Crippen molar-refractivity contribution in [2.24, 2.45) is 10.1 Å². The molecule has 16 heavy (non-hydrogen) atoms. The van der Waals surface area contributed by atoms with Gasteiger partial charge in [0, 0.05) is 32.7 Å². The van der Waals surface area contributed by atoms with Crippen LogP contribution in [0, 0.1) is 0 Å². The fourth-order valence-electron chi connectivity index (χ4n) is 1.82. The van der Waals surface area contributed by atoms with Gasteiger partial charge in [0.1, 0.15) is 5.84 Å². The largest absolute Gasteiger partial charge is 0.383 e. The van der Waals surface area contributed by atoms with E-state index in [1.165, 1.54) is 6.08 Å². The highest BCUT2D eigenvalue weighted by atomic mass is 32.2. The summed E-state index contributed by atoms with van der Waals surface area (Å²) in [6, 6.07) is 0. The first-order chi connectivity index (χ1) is 7.47. The fraction of sp³-hybridized carbons (Fsp3) is 0.667. The molecule has 0 unspecified atom stereocenters. The number of likely N-dealkylation sites (N-methyl/N-ethyl adjacent to an activating group) is 1. The smallest absolute Gasteiger partial charge is 0.281 e. The zero-order chi connectivity index (χ0) is 11.8. The molecule has 0 radical (unpaired) electrons. The summed E-state index contributed by atoms with van der Waals surface area (Å²) >= 11 is 0. The van der Waals surface area contributed by atoms with Crippen LogP contribution in [-0.4, -0.2) is 63.8 Å². The Balaban J connectivity index is 1.99. The van der Waals surface area contributed by atoms with Gasteiger partial charge in [0.15, 0.2) is 0 Å². The van der Waals surface area contributed by atoms with Gasteiger partial charge in [0.25, 0.3) is 10.0 Å². The second kappa shape index (κ2) is 4.15. The minimum atomic E-state index is -3.48. The first-order valence-corrected chi connectivity index (χ1v) is 6.63. The maximum Gasteiger partial charge on any atom is 0.281 e. The van der Waals surface area contributed by atoms with E-state index in [0.29, 0.717) is 11.4 Å². The molecule has 1 saturated heterocycles. The van der Waals surface area contributed by atoms with E-state index >= 15 is 0 Å². The molecule has 0 atom stereocenters. The predicted octanol–water partition coefficient (Wildman–Crippen LogP) is -1.18. The van der Waals surface area contributed by atoms with Crippen molar-refractivity contribution < 1.29 is 8.42 Å². The lowest BCUT2D eigenvalue weighted by molar-refractivity contribution is 0.165. The van der Waals surface area contributed by atoms with Crippen molar-refractivity contribution >= 4 is 15.9 Å². The molecule has 0 saturated carbocycles. The monoisotopic (exact) mass is 244 g/mol. The molecule has 6 nitrogen and oxygen atoms in total.